The van der Waals surface area contributed by atoms with Gasteiger partial charge >= 0.3 is 5.97 Å². The van der Waals surface area contributed by atoms with E-state index in [0.717, 1.165) is 4.90 Å². The fourth-order valence-electron chi connectivity index (χ4n) is 4.36. The molecule has 1 N–H and O–H groups in total. The fourth-order valence-corrected chi connectivity index (χ4v) is 4.36. The highest BCUT2D eigenvalue weighted by Crippen LogP contribution is 2.49. The van der Waals surface area contributed by atoms with Crippen LogP contribution >= 0.6 is 0 Å². The zero-order chi connectivity index (χ0) is 22.9. The molecule has 166 valence electrons. The summed E-state index contributed by atoms with van der Waals surface area (Å²) in [6.45, 7) is -0.535. The Labute approximate surface area is 189 Å². The Hall–Kier alpha value is -4.17. The summed E-state index contributed by atoms with van der Waals surface area (Å²) < 4.78 is 5.53. The van der Waals surface area contributed by atoms with Gasteiger partial charge in [-0.3, -0.25) is 14.4 Å². The lowest BCUT2D eigenvalue weighted by molar-refractivity contribution is -0.139. The smallest absolute Gasteiger partial charge is 0.341 e. The lowest BCUT2D eigenvalue weighted by Crippen LogP contribution is -2.37. The maximum Gasteiger partial charge on any atom is 0.341 e. The van der Waals surface area contributed by atoms with Gasteiger partial charge in [0, 0.05) is 5.56 Å². The number of anilines is 2. The summed E-state index contributed by atoms with van der Waals surface area (Å²) in [4.78, 5) is 45.3. The minimum Gasteiger partial charge on any atom is -0.482 e. The third kappa shape index (κ3) is 3.60. The van der Waals surface area contributed by atoms with Gasteiger partial charge in [0.15, 0.2) is 12.7 Å². The highest BCUT2D eigenvalue weighted by molar-refractivity contribution is 6.23. The van der Waals surface area contributed by atoms with Gasteiger partial charge in [-0.05, 0) is 30.3 Å². The summed E-state index contributed by atoms with van der Waals surface area (Å²) in [5.41, 5.74) is 1.70. The molecule has 2 heterocycles. The van der Waals surface area contributed by atoms with Crippen molar-refractivity contribution in [3.05, 3.63) is 90.5 Å². The number of hydrogen-bond acceptors (Lipinski definition) is 6. The number of aliphatic carboxylic acids is 1. The molecule has 2 fully saturated rings. The first-order valence-corrected chi connectivity index (χ1v) is 10.4. The molecule has 2 saturated heterocycles. The largest absolute Gasteiger partial charge is 0.482 e. The number of carboxylic acids is 1. The minimum atomic E-state index is -1.12. The summed E-state index contributed by atoms with van der Waals surface area (Å²) in [6, 6.07) is 24.1. The van der Waals surface area contributed by atoms with E-state index in [9.17, 15) is 14.4 Å². The Morgan fingerprint density at radius 3 is 2.12 bits per heavy atom. The molecule has 0 spiro atoms. The molecule has 2 amide bonds. The summed E-state index contributed by atoms with van der Waals surface area (Å²) in [5.74, 6) is -2.47. The molecule has 0 unspecified atom stereocenters. The number of nitrogens with zero attached hydrogens (tertiary/aromatic N) is 2. The first-order chi connectivity index (χ1) is 16.1. The summed E-state index contributed by atoms with van der Waals surface area (Å²) in [5, 5.41) is 10.6. The molecule has 0 saturated carbocycles. The van der Waals surface area contributed by atoms with Gasteiger partial charge in [0.25, 0.3) is 5.91 Å². The van der Waals surface area contributed by atoms with E-state index in [0.29, 0.717) is 22.7 Å². The Kier molecular flexibility index (Phi) is 5.27. The molecular weight excluding hydrogens is 424 g/mol. The number of ether oxygens (including phenoxy) is 1. The van der Waals surface area contributed by atoms with Crippen molar-refractivity contribution in [2.45, 2.75) is 12.1 Å². The molecule has 0 aromatic heterocycles. The molecule has 0 radical (unpaired) electrons. The normalized spacial score (nSPS) is 21.9. The second-order valence-electron chi connectivity index (χ2n) is 7.73. The van der Waals surface area contributed by atoms with Crippen LogP contribution in [0.25, 0.3) is 0 Å². The average molecular weight is 444 g/mol. The number of para-hydroxylation sites is 3. The van der Waals surface area contributed by atoms with Gasteiger partial charge in [0.1, 0.15) is 11.7 Å². The van der Waals surface area contributed by atoms with Crippen LogP contribution in [0.2, 0.25) is 0 Å². The molecule has 0 bridgehead atoms. The van der Waals surface area contributed by atoms with Gasteiger partial charge in [-0.25, -0.2) is 14.8 Å². The van der Waals surface area contributed by atoms with E-state index in [4.69, 9.17) is 14.7 Å². The van der Waals surface area contributed by atoms with Crippen LogP contribution < -0.4 is 14.7 Å². The Bertz CT molecular complexity index is 1200. The summed E-state index contributed by atoms with van der Waals surface area (Å²) in [6.07, 6.45) is -1.02. The molecule has 5 rings (SSSR count). The topological polar surface area (TPSA) is 96.4 Å². The van der Waals surface area contributed by atoms with E-state index >= 15 is 0 Å². The number of hydroxylamine groups is 1. The minimum absolute atomic E-state index is 0.313. The van der Waals surface area contributed by atoms with Crippen LogP contribution in [0.1, 0.15) is 11.6 Å². The molecule has 2 aliphatic rings. The van der Waals surface area contributed by atoms with Crippen LogP contribution in [0.15, 0.2) is 84.9 Å². The molecule has 0 aliphatic carbocycles. The Balaban J connectivity index is 1.60. The second kappa shape index (κ2) is 8.40. The number of fused-ring (bicyclic) bond motifs is 1. The average Bonchev–Trinajstić information content (AvgIpc) is 3.35. The van der Waals surface area contributed by atoms with Crippen molar-refractivity contribution >= 4 is 29.2 Å². The van der Waals surface area contributed by atoms with E-state index in [2.05, 4.69) is 0 Å². The molecule has 8 nitrogen and oxygen atoms in total. The van der Waals surface area contributed by atoms with E-state index in [1.807, 2.05) is 36.4 Å². The number of benzene rings is 3. The Morgan fingerprint density at radius 2 is 1.45 bits per heavy atom. The first kappa shape index (κ1) is 20.7. The van der Waals surface area contributed by atoms with Crippen molar-refractivity contribution in [3.63, 3.8) is 0 Å². The molecule has 33 heavy (non-hydrogen) atoms. The van der Waals surface area contributed by atoms with Crippen LogP contribution in [0.4, 0.5) is 11.4 Å². The van der Waals surface area contributed by atoms with Gasteiger partial charge in [0.2, 0.25) is 5.91 Å². The van der Waals surface area contributed by atoms with Gasteiger partial charge in [-0.1, -0.05) is 54.6 Å². The SMILES string of the molecule is O=C(O)COc1ccccc1[C@@H]1[C@@H]2C(=O)N(c3ccccc3)C(=O)[C@@H]2ON1c1ccccc1. The zero-order valence-electron chi connectivity index (χ0n) is 17.4. The third-order valence-electron chi connectivity index (χ3n) is 5.73. The molecule has 8 heteroatoms. The standard InChI is InChI=1S/C25H20N2O6/c28-20(29)15-32-19-14-8-7-13-18(19)22-21-23(33-27(22)17-11-5-2-6-12-17)25(31)26(24(21)30)16-9-3-1-4-10-16/h1-14,21-23H,15H2,(H,28,29)/t21-,22+,23+/m0/s1. The van der Waals surface area contributed by atoms with Crippen molar-refractivity contribution in [2.24, 2.45) is 5.92 Å². The fraction of sp³-hybridized carbons (Fsp3) is 0.160. The third-order valence-corrected chi connectivity index (χ3v) is 5.73. The van der Waals surface area contributed by atoms with E-state index in [1.54, 1.807) is 53.6 Å². The number of carboxylic acid groups (broad SMARTS) is 1. The number of hydrogen-bond donors (Lipinski definition) is 1. The van der Waals surface area contributed by atoms with Crippen LogP contribution in [0.3, 0.4) is 0 Å². The number of rotatable bonds is 6. The molecule has 3 aromatic rings. The molecular formula is C25H20N2O6. The van der Waals surface area contributed by atoms with Crippen molar-refractivity contribution in [3.8, 4) is 5.75 Å². The van der Waals surface area contributed by atoms with Gasteiger partial charge < -0.3 is 9.84 Å². The highest BCUT2D eigenvalue weighted by atomic mass is 16.7. The first-order valence-electron chi connectivity index (χ1n) is 10.4. The van der Waals surface area contributed by atoms with Crippen molar-refractivity contribution < 1.29 is 29.1 Å². The van der Waals surface area contributed by atoms with Crippen molar-refractivity contribution in [1.82, 2.24) is 0 Å². The van der Waals surface area contributed by atoms with Crippen LogP contribution in [-0.2, 0) is 19.2 Å². The Morgan fingerprint density at radius 1 is 0.848 bits per heavy atom. The molecule has 3 atom stereocenters. The van der Waals surface area contributed by atoms with E-state index in [-0.39, 0.29) is 5.91 Å². The highest BCUT2D eigenvalue weighted by Gasteiger charge is 2.60. The van der Waals surface area contributed by atoms with E-state index < -0.39 is 36.5 Å². The second-order valence-corrected chi connectivity index (χ2v) is 7.73. The van der Waals surface area contributed by atoms with Crippen molar-refractivity contribution in [2.75, 3.05) is 16.6 Å². The van der Waals surface area contributed by atoms with Crippen LogP contribution in [-0.4, -0.2) is 35.6 Å². The summed E-state index contributed by atoms with van der Waals surface area (Å²) >= 11 is 0. The quantitative estimate of drug-likeness (QED) is 0.583. The maximum atomic E-state index is 13.6. The van der Waals surface area contributed by atoms with Crippen LogP contribution in [0, 0.1) is 5.92 Å². The number of amides is 2. The lowest BCUT2D eigenvalue weighted by atomic mass is 9.90. The van der Waals surface area contributed by atoms with Gasteiger partial charge in [-0.2, -0.15) is 0 Å². The monoisotopic (exact) mass is 444 g/mol. The maximum absolute atomic E-state index is 13.6. The number of imide groups is 1. The van der Waals surface area contributed by atoms with Crippen LogP contribution in [0.5, 0.6) is 5.75 Å². The van der Waals surface area contributed by atoms with E-state index in [1.165, 1.54) is 0 Å². The summed E-state index contributed by atoms with van der Waals surface area (Å²) in [7, 11) is 0. The van der Waals surface area contributed by atoms with Crippen molar-refractivity contribution in [1.29, 1.82) is 0 Å². The van der Waals surface area contributed by atoms with Gasteiger partial charge in [-0.15, -0.1) is 0 Å². The number of carbonyl (C=O) groups excluding carboxylic acids is 2. The molecule has 2 aliphatic heterocycles. The molecule has 3 aromatic carbocycles. The van der Waals surface area contributed by atoms with Gasteiger partial charge in [0.05, 0.1) is 17.4 Å². The predicted molar refractivity (Wildman–Crippen MR) is 119 cm³/mol. The zero-order valence-corrected chi connectivity index (χ0v) is 17.4. The number of carbonyl (C=O) groups is 3. The lowest BCUT2D eigenvalue weighted by Gasteiger charge is -2.29. The predicted octanol–water partition coefficient (Wildman–Crippen LogP) is 3.20.